The van der Waals surface area contributed by atoms with E-state index < -0.39 is 0 Å². The third-order valence-electron chi connectivity index (χ3n) is 8.12. The Kier molecular flexibility index (Phi) is 3.56. The quantitative estimate of drug-likeness (QED) is 0.799. The average Bonchev–Trinajstić information content (AvgIpc) is 2.92. The zero-order valence-electron chi connectivity index (χ0n) is 15.1. The highest BCUT2D eigenvalue weighted by atomic mass is 16.1. The van der Waals surface area contributed by atoms with Crippen LogP contribution in [0.1, 0.15) is 52.4 Å². The van der Waals surface area contributed by atoms with Gasteiger partial charge in [0.2, 0.25) is 5.91 Å². The first-order chi connectivity index (χ1) is 11.4. The summed E-state index contributed by atoms with van der Waals surface area (Å²) in [6, 6.07) is 0. The molecule has 4 aliphatic rings. The van der Waals surface area contributed by atoms with Gasteiger partial charge in [-0.25, -0.2) is 0 Å². The van der Waals surface area contributed by atoms with Crippen LogP contribution in [0.2, 0.25) is 0 Å². The van der Waals surface area contributed by atoms with E-state index in [1.165, 1.54) is 24.8 Å². The van der Waals surface area contributed by atoms with Gasteiger partial charge in [0.15, 0.2) is 5.78 Å². The Morgan fingerprint density at radius 3 is 2.71 bits per heavy atom. The second-order valence-corrected chi connectivity index (χ2v) is 8.89. The lowest BCUT2D eigenvalue weighted by Gasteiger charge is -2.56. The summed E-state index contributed by atoms with van der Waals surface area (Å²) in [6.45, 7) is 4.71. The summed E-state index contributed by atoms with van der Waals surface area (Å²) in [5.41, 5.74) is 1.57. The van der Waals surface area contributed by atoms with Crippen LogP contribution >= 0.6 is 0 Å². The zero-order chi connectivity index (χ0) is 17.1. The van der Waals surface area contributed by atoms with Gasteiger partial charge in [0.05, 0.1) is 0 Å². The van der Waals surface area contributed by atoms with Crippen molar-refractivity contribution < 1.29 is 9.59 Å². The van der Waals surface area contributed by atoms with Crippen LogP contribution in [0.3, 0.4) is 0 Å². The van der Waals surface area contributed by atoms with Crippen molar-refractivity contribution in [2.24, 2.45) is 34.5 Å². The van der Waals surface area contributed by atoms with Crippen LogP contribution in [-0.4, -0.2) is 18.7 Å². The van der Waals surface area contributed by atoms with Crippen LogP contribution in [0.25, 0.3) is 0 Å². The first kappa shape index (κ1) is 16.1. The van der Waals surface area contributed by atoms with Crippen LogP contribution < -0.4 is 5.32 Å². The van der Waals surface area contributed by atoms with E-state index in [1.807, 2.05) is 6.08 Å². The fourth-order valence-corrected chi connectivity index (χ4v) is 6.80. The third-order valence-corrected chi connectivity index (χ3v) is 8.12. The van der Waals surface area contributed by atoms with Gasteiger partial charge >= 0.3 is 0 Å². The summed E-state index contributed by atoms with van der Waals surface area (Å²) < 4.78 is 0. The van der Waals surface area contributed by atoms with Crippen molar-refractivity contribution in [1.29, 1.82) is 0 Å². The van der Waals surface area contributed by atoms with E-state index in [0.717, 1.165) is 19.3 Å². The highest BCUT2D eigenvalue weighted by Gasteiger charge is 2.59. The number of carbonyl (C=O) groups is 2. The summed E-state index contributed by atoms with van der Waals surface area (Å²) >= 11 is 0. The molecule has 3 saturated carbocycles. The molecule has 0 saturated heterocycles. The molecule has 130 valence electrons. The summed E-state index contributed by atoms with van der Waals surface area (Å²) in [5, 5.41) is 2.90. The summed E-state index contributed by atoms with van der Waals surface area (Å²) in [4.78, 5) is 24.2. The number of hydrogen-bond donors (Lipinski definition) is 1. The van der Waals surface area contributed by atoms with Crippen molar-refractivity contribution in [1.82, 2.24) is 5.32 Å². The van der Waals surface area contributed by atoms with Gasteiger partial charge in [-0.1, -0.05) is 25.5 Å². The maximum atomic E-state index is 12.4. The molecule has 1 N–H and O–H groups in total. The molecule has 24 heavy (non-hydrogen) atoms. The number of ketones is 1. The Balaban J connectivity index is 1.66. The molecule has 0 aromatic heterocycles. The molecule has 6 atom stereocenters. The van der Waals surface area contributed by atoms with E-state index in [4.69, 9.17) is 0 Å². The van der Waals surface area contributed by atoms with Gasteiger partial charge in [-0.3, -0.25) is 9.59 Å². The summed E-state index contributed by atoms with van der Waals surface area (Å²) in [5.74, 6) is 2.55. The average molecular weight is 327 g/mol. The van der Waals surface area contributed by atoms with Crippen molar-refractivity contribution in [2.45, 2.75) is 52.4 Å². The van der Waals surface area contributed by atoms with Gasteiger partial charge in [0.25, 0.3) is 0 Å². The molecule has 0 aromatic carbocycles. The number of rotatable bonds is 1. The van der Waals surface area contributed by atoms with Crippen LogP contribution in [0, 0.1) is 34.5 Å². The molecule has 0 aliphatic heterocycles. The fourth-order valence-electron chi connectivity index (χ4n) is 6.80. The second-order valence-electron chi connectivity index (χ2n) is 8.89. The number of nitrogens with one attached hydrogen (secondary N) is 1. The minimum Gasteiger partial charge on any atom is -0.359 e. The Labute approximate surface area is 145 Å². The predicted octanol–water partition coefficient (Wildman–Crippen LogP) is 3.66. The Hall–Kier alpha value is -1.38. The molecule has 3 nitrogen and oxygen atoms in total. The molecule has 1 amide bonds. The van der Waals surface area contributed by atoms with Crippen molar-refractivity contribution in [3.63, 3.8) is 0 Å². The number of allylic oxidation sites excluding steroid dienone is 4. The lowest BCUT2D eigenvalue weighted by Crippen LogP contribution is -2.51. The topological polar surface area (TPSA) is 46.2 Å². The monoisotopic (exact) mass is 327 g/mol. The Morgan fingerprint density at radius 1 is 1.17 bits per heavy atom. The molecule has 0 radical (unpaired) electrons. The number of hydrogen-bond acceptors (Lipinski definition) is 2. The van der Waals surface area contributed by atoms with Crippen molar-refractivity contribution in [2.75, 3.05) is 7.05 Å². The van der Waals surface area contributed by atoms with Crippen LogP contribution in [0.5, 0.6) is 0 Å². The van der Waals surface area contributed by atoms with Crippen molar-refractivity contribution >= 4 is 11.7 Å². The largest absolute Gasteiger partial charge is 0.359 e. The maximum Gasteiger partial charge on any atom is 0.223 e. The van der Waals surface area contributed by atoms with E-state index >= 15 is 0 Å². The van der Waals surface area contributed by atoms with Gasteiger partial charge in [0, 0.05) is 18.4 Å². The molecule has 0 bridgehead atoms. The fraction of sp³-hybridized carbons (Fsp3) is 0.714. The first-order valence-corrected chi connectivity index (χ1v) is 9.56. The van der Waals surface area contributed by atoms with Crippen LogP contribution in [0.15, 0.2) is 23.8 Å². The van der Waals surface area contributed by atoms with E-state index in [2.05, 4.69) is 25.2 Å². The zero-order valence-corrected chi connectivity index (χ0v) is 15.1. The normalized spacial score (nSPS) is 46.6. The minimum absolute atomic E-state index is 0.0588. The molecule has 3 heteroatoms. The van der Waals surface area contributed by atoms with Crippen LogP contribution in [-0.2, 0) is 9.59 Å². The molecular formula is C21H29NO2. The molecule has 0 heterocycles. The van der Waals surface area contributed by atoms with Gasteiger partial charge in [-0.15, -0.1) is 0 Å². The maximum absolute atomic E-state index is 12.4. The molecule has 3 fully saturated rings. The van der Waals surface area contributed by atoms with Crippen molar-refractivity contribution in [3.8, 4) is 0 Å². The highest BCUT2D eigenvalue weighted by molar-refractivity contribution is 6.01. The SMILES string of the molecule is CNC(=O)[C@H]1CCC2C3CCC4=CC(=O)C=CC4(C)C3CCC21C. The van der Waals surface area contributed by atoms with E-state index in [9.17, 15) is 9.59 Å². The molecule has 4 aliphatic carbocycles. The first-order valence-electron chi connectivity index (χ1n) is 9.56. The van der Waals surface area contributed by atoms with E-state index in [-0.39, 0.29) is 28.4 Å². The summed E-state index contributed by atoms with van der Waals surface area (Å²) in [6.07, 6.45) is 12.6. The van der Waals surface area contributed by atoms with Crippen molar-refractivity contribution in [3.05, 3.63) is 23.8 Å². The molecule has 0 aromatic rings. The minimum atomic E-state index is 0.0588. The molecule has 5 unspecified atom stereocenters. The number of amides is 1. The third kappa shape index (κ3) is 2.02. The standard InChI is InChI=1S/C21H29NO2/c1-20-10-8-14(23)12-13(20)4-5-15-16-6-7-18(19(24)22-3)21(16,2)11-9-17(15)20/h8,10,12,15-18H,4-7,9,11H2,1-3H3,(H,22,24)/t15?,16?,17?,18-,20?,21?/m1/s1. The molecule has 0 spiro atoms. The lowest BCUT2D eigenvalue weighted by molar-refractivity contribution is -0.131. The Morgan fingerprint density at radius 2 is 1.96 bits per heavy atom. The highest BCUT2D eigenvalue weighted by Crippen LogP contribution is 2.65. The number of carbonyl (C=O) groups excluding carboxylic acids is 2. The van der Waals surface area contributed by atoms with E-state index in [0.29, 0.717) is 17.8 Å². The number of fused-ring (bicyclic) bond motifs is 5. The smallest absolute Gasteiger partial charge is 0.223 e. The van der Waals surface area contributed by atoms with Crippen LogP contribution in [0.4, 0.5) is 0 Å². The van der Waals surface area contributed by atoms with Gasteiger partial charge in [-0.2, -0.15) is 0 Å². The molecular weight excluding hydrogens is 298 g/mol. The van der Waals surface area contributed by atoms with E-state index in [1.54, 1.807) is 13.1 Å². The molecule has 4 rings (SSSR count). The van der Waals surface area contributed by atoms with Gasteiger partial charge in [-0.05, 0) is 73.8 Å². The summed E-state index contributed by atoms with van der Waals surface area (Å²) in [7, 11) is 1.77. The second kappa shape index (κ2) is 5.31. The Bertz CT molecular complexity index is 648. The van der Waals surface area contributed by atoms with Gasteiger partial charge < -0.3 is 5.32 Å². The lowest BCUT2D eigenvalue weighted by atomic mass is 9.48. The predicted molar refractivity (Wildman–Crippen MR) is 94.2 cm³/mol. The van der Waals surface area contributed by atoms with Gasteiger partial charge in [0.1, 0.15) is 0 Å².